The normalized spacial score (nSPS) is 12.0. The van der Waals surface area contributed by atoms with Crippen molar-refractivity contribution in [3.8, 4) is 0 Å². The molecule has 0 fully saturated rings. The summed E-state index contributed by atoms with van der Waals surface area (Å²) in [6.45, 7) is 11.8. The van der Waals surface area contributed by atoms with Crippen molar-refractivity contribution in [2.45, 2.75) is 78.2 Å². The fourth-order valence-electron chi connectivity index (χ4n) is 1.72. The van der Waals surface area contributed by atoms with Crippen LogP contribution in [0.4, 0.5) is 0 Å². The van der Waals surface area contributed by atoms with E-state index in [-0.39, 0.29) is 5.54 Å². The largest absolute Gasteiger partial charge is 0.381 e. The number of ether oxygens (including phenoxy) is 1. The van der Waals surface area contributed by atoms with Crippen molar-refractivity contribution in [2.24, 2.45) is 0 Å². The minimum absolute atomic E-state index is 0.235. The SMILES string of the molecule is CCCCCCCCOCCCNC(C)(C)C. The molecule has 0 saturated heterocycles. The molecule has 0 unspecified atom stereocenters. The van der Waals surface area contributed by atoms with Gasteiger partial charge in [0, 0.05) is 18.8 Å². The molecule has 2 heteroatoms. The van der Waals surface area contributed by atoms with Crippen molar-refractivity contribution in [3.05, 3.63) is 0 Å². The summed E-state index contributed by atoms with van der Waals surface area (Å²) in [5.41, 5.74) is 0.235. The van der Waals surface area contributed by atoms with Gasteiger partial charge in [-0.2, -0.15) is 0 Å². The van der Waals surface area contributed by atoms with Crippen LogP contribution in [0.5, 0.6) is 0 Å². The molecule has 0 aromatic heterocycles. The highest BCUT2D eigenvalue weighted by atomic mass is 16.5. The average molecular weight is 243 g/mol. The van der Waals surface area contributed by atoms with Crippen molar-refractivity contribution < 1.29 is 4.74 Å². The molecule has 0 rings (SSSR count). The zero-order valence-corrected chi connectivity index (χ0v) is 12.5. The first-order chi connectivity index (χ1) is 8.06. The van der Waals surface area contributed by atoms with Gasteiger partial charge in [-0.3, -0.25) is 0 Å². The second-order valence-electron chi connectivity index (χ2n) is 5.91. The standard InChI is InChI=1S/C15H33NO/c1-5-6-7-8-9-10-13-17-14-11-12-16-15(2,3)4/h16H,5-14H2,1-4H3. The molecule has 0 bridgehead atoms. The zero-order chi connectivity index (χ0) is 13.0. The van der Waals surface area contributed by atoms with E-state index in [1.807, 2.05) is 0 Å². The average Bonchev–Trinajstić information content (AvgIpc) is 2.24. The van der Waals surface area contributed by atoms with Crippen molar-refractivity contribution in [1.82, 2.24) is 5.32 Å². The quantitative estimate of drug-likeness (QED) is 0.551. The Morgan fingerprint density at radius 2 is 1.41 bits per heavy atom. The second-order valence-corrected chi connectivity index (χ2v) is 5.91. The van der Waals surface area contributed by atoms with Crippen molar-refractivity contribution in [3.63, 3.8) is 0 Å². The smallest absolute Gasteiger partial charge is 0.0478 e. The predicted molar refractivity (Wildman–Crippen MR) is 76.6 cm³/mol. The number of rotatable bonds is 11. The molecule has 0 aromatic rings. The Labute approximate surface area is 109 Å². The maximum absolute atomic E-state index is 5.61. The molecular weight excluding hydrogens is 210 g/mol. The summed E-state index contributed by atoms with van der Waals surface area (Å²) in [5, 5.41) is 3.47. The third-order valence-electron chi connectivity index (χ3n) is 2.76. The fourth-order valence-corrected chi connectivity index (χ4v) is 1.72. The van der Waals surface area contributed by atoms with Crippen LogP contribution in [-0.4, -0.2) is 25.3 Å². The van der Waals surface area contributed by atoms with Crippen LogP contribution in [0, 0.1) is 0 Å². The lowest BCUT2D eigenvalue weighted by molar-refractivity contribution is 0.126. The van der Waals surface area contributed by atoms with Gasteiger partial charge in [-0.25, -0.2) is 0 Å². The van der Waals surface area contributed by atoms with Crippen LogP contribution in [-0.2, 0) is 4.74 Å². The lowest BCUT2D eigenvalue weighted by atomic mass is 10.1. The van der Waals surface area contributed by atoms with E-state index in [1.165, 1.54) is 38.5 Å². The summed E-state index contributed by atoms with van der Waals surface area (Å²) >= 11 is 0. The van der Waals surface area contributed by atoms with Crippen molar-refractivity contribution in [2.75, 3.05) is 19.8 Å². The summed E-state index contributed by atoms with van der Waals surface area (Å²) in [6, 6.07) is 0. The van der Waals surface area contributed by atoms with Crippen LogP contribution in [0.15, 0.2) is 0 Å². The first kappa shape index (κ1) is 16.9. The van der Waals surface area contributed by atoms with E-state index in [0.29, 0.717) is 0 Å². The van der Waals surface area contributed by atoms with E-state index >= 15 is 0 Å². The van der Waals surface area contributed by atoms with Crippen molar-refractivity contribution >= 4 is 0 Å². The van der Waals surface area contributed by atoms with Gasteiger partial charge in [0.1, 0.15) is 0 Å². The topological polar surface area (TPSA) is 21.3 Å². The lowest BCUT2D eigenvalue weighted by Gasteiger charge is -2.20. The van der Waals surface area contributed by atoms with Gasteiger partial charge in [0.15, 0.2) is 0 Å². The molecule has 104 valence electrons. The minimum atomic E-state index is 0.235. The molecule has 0 aliphatic rings. The van der Waals surface area contributed by atoms with E-state index in [1.54, 1.807) is 0 Å². The third-order valence-corrected chi connectivity index (χ3v) is 2.76. The molecule has 0 saturated carbocycles. The van der Waals surface area contributed by atoms with E-state index in [9.17, 15) is 0 Å². The third kappa shape index (κ3) is 15.9. The Balaban J connectivity index is 2.99. The molecule has 0 heterocycles. The minimum Gasteiger partial charge on any atom is -0.381 e. The number of hydrogen-bond donors (Lipinski definition) is 1. The second kappa shape index (κ2) is 11.0. The Morgan fingerprint density at radius 3 is 2.06 bits per heavy atom. The van der Waals surface area contributed by atoms with E-state index < -0.39 is 0 Å². The molecular formula is C15H33NO. The van der Waals surface area contributed by atoms with Gasteiger partial charge in [0.2, 0.25) is 0 Å². The van der Waals surface area contributed by atoms with Crippen LogP contribution in [0.2, 0.25) is 0 Å². The van der Waals surface area contributed by atoms with Gasteiger partial charge in [-0.05, 0) is 40.2 Å². The van der Waals surface area contributed by atoms with E-state index in [0.717, 1.165) is 26.2 Å². The highest BCUT2D eigenvalue weighted by Gasteiger charge is 2.06. The van der Waals surface area contributed by atoms with Gasteiger partial charge in [-0.15, -0.1) is 0 Å². The fraction of sp³-hybridized carbons (Fsp3) is 1.00. The molecule has 0 radical (unpaired) electrons. The van der Waals surface area contributed by atoms with Gasteiger partial charge in [0.05, 0.1) is 0 Å². The van der Waals surface area contributed by atoms with Crippen LogP contribution in [0.1, 0.15) is 72.6 Å². The van der Waals surface area contributed by atoms with Gasteiger partial charge < -0.3 is 10.1 Å². The maximum Gasteiger partial charge on any atom is 0.0478 e. The highest BCUT2D eigenvalue weighted by Crippen LogP contribution is 2.05. The molecule has 0 amide bonds. The first-order valence-corrected chi connectivity index (χ1v) is 7.39. The van der Waals surface area contributed by atoms with Crippen LogP contribution >= 0.6 is 0 Å². The summed E-state index contributed by atoms with van der Waals surface area (Å²) in [5.74, 6) is 0. The molecule has 0 atom stereocenters. The molecule has 0 aliphatic carbocycles. The van der Waals surface area contributed by atoms with Gasteiger partial charge in [-0.1, -0.05) is 39.0 Å². The number of unbranched alkanes of at least 4 members (excludes halogenated alkanes) is 5. The Bertz CT molecular complexity index is 151. The predicted octanol–water partition coefficient (Wildman–Crippen LogP) is 4.14. The molecule has 17 heavy (non-hydrogen) atoms. The summed E-state index contributed by atoms with van der Waals surface area (Å²) in [4.78, 5) is 0. The Morgan fingerprint density at radius 1 is 0.824 bits per heavy atom. The van der Waals surface area contributed by atoms with Gasteiger partial charge >= 0.3 is 0 Å². The van der Waals surface area contributed by atoms with Crippen LogP contribution in [0.25, 0.3) is 0 Å². The lowest BCUT2D eigenvalue weighted by Crippen LogP contribution is -2.36. The summed E-state index contributed by atoms with van der Waals surface area (Å²) in [6.07, 6.45) is 9.18. The molecule has 2 nitrogen and oxygen atoms in total. The molecule has 0 aromatic carbocycles. The molecule has 1 N–H and O–H groups in total. The first-order valence-electron chi connectivity index (χ1n) is 7.39. The van der Waals surface area contributed by atoms with E-state index in [2.05, 4.69) is 33.0 Å². The molecule has 0 aliphatic heterocycles. The number of nitrogens with one attached hydrogen (secondary N) is 1. The summed E-state index contributed by atoms with van der Waals surface area (Å²) < 4.78 is 5.61. The Hall–Kier alpha value is -0.0800. The van der Waals surface area contributed by atoms with Gasteiger partial charge in [0.25, 0.3) is 0 Å². The van der Waals surface area contributed by atoms with Crippen LogP contribution in [0.3, 0.4) is 0 Å². The highest BCUT2D eigenvalue weighted by molar-refractivity contribution is 4.69. The Kier molecular flexibility index (Phi) is 11.0. The van der Waals surface area contributed by atoms with E-state index in [4.69, 9.17) is 4.74 Å². The maximum atomic E-state index is 5.61. The number of hydrogen-bond acceptors (Lipinski definition) is 2. The van der Waals surface area contributed by atoms with Crippen molar-refractivity contribution in [1.29, 1.82) is 0 Å². The zero-order valence-electron chi connectivity index (χ0n) is 12.5. The monoisotopic (exact) mass is 243 g/mol. The summed E-state index contributed by atoms with van der Waals surface area (Å²) in [7, 11) is 0. The van der Waals surface area contributed by atoms with Crippen LogP contribution < -0.4 is 5.32 Å². The molecule has 0 spiro atoms.